The molecule has 0 aromatic heterocycles. The summed E-state index contributed by atoms with van der Waals surface area (Å²) in [5, 5.41) is 1.79. The van der Waals surface area contributed by atoms with Crippen molar-refractivity contribution in [3.63, 3.8) is 0 Å². The fraction of sp³-hybridized carbons (Fsp3) is 0.381. The summed E-state index contributed by atoms with van der Waals surface area (Å²) in [5.74, 6) is -1.42. The van der Waals surface area contributed by atoms with Crippen molar-refractivity contribution in [1.82, 2.24) is 5.32 Å². The molecule has 2 aromatic carbocycles. The maximum atomic E-state index is 13.2. The summed E-state index contributed by atoms with van der Waals surface area (Å²) in [4.78, 5) is 12.4. The quantitative estimate of drug-likeness (QED) is 0.633. The van der Waals surface area contributed by atoms with Gasteiger partial charge in [0.2, 0.25) is 0 Å². The van der Waals surface area contributed by atoms with Gasteiger partial charge < -0.3 is 4.74 Å². The Kier molecular flexibility index (Phi) is 6.64. The van der Waals surface area contributed by atoms with E-state index in [0.717, 1.165) is 11.1 Å². The molecule has 162 valence electrons. The monoisotopic (exact) mass is 451 g/mol. The molecule has 1 heterocycles. The van der Waals surface area contributed by atoms with Crippen LogP contribution in [0.4, 0.5) is 0 Å². The summed E-state index contributed by atoms with van der Waals surface area (Å²) in [6.07, 6.45) is 0.251. The summed E-state index contributed by atoms with van der Waals surface area (Å²) in [7, 11) is -6.27. The van der Waals surface area contributed by atoms with E-state index in [-0.39, 0.29) is 17.1 Å². The molecule has 0 amide bonds. The largest absolute Gasteiger partial charge is 0.468 e. The maximum Gasteiger partial charge on any atom is 0.323 e. The maximum absolute atomic E-state index is 13.2. The van der Waals surface area contributed by atoms with Crippen LogP contribution in [0.2, 0.25) is 0 Å². The number of sulfone groups is 2. The Labute approximate surface area is 177 Å². The highest BCUT2D eigenvalue weighted by Crippen LogP contribution is 2.27. The average Bonchev–Trinajstić information content (AvgIpc) is 3.03. The zero-order chi connectivity index (χ0) is 21.9. The molecule has 0 unspecified atom stereocenters. The second kappa shape index (κ2) is 8.87. The third-order valence-electron chi connectivity index (χ3n) is 5.23. The Morgan fingerprint density at radius 1 is 1.10 bits per heavy atom. The van der Waals surface area contributed by atoms with E-state index in [0.29, 0.717) is 0 Å². The zero-order valence-electron chi connectivity index (χ0n) is 16.8. The molecule has 1 aliphatic heterocycles. The minimum absolute atomic E-state index is 0.0691. The number of nitrogens with one attached hydrogen (secondary N) is 1. The molecule has 7 nitrogen and oxygen atoms in total. The molecule has 0 saturated carbocycles. The number of esters is 1. The lowest BCUT2D eigenvalue weighted by Gasteiger charge is -2.25. The van der Waals surface area contributed by atoms with Crippen LogP contribution in [0.1, 0.15) is 11.1 Å². The van der Waals surface area contributed by atoms with Gasteiger partial charge in [-0.3, -0.25) is 10.1 Å². The number of hydrogen-bond acceptors (Lipinski definition) is 7. The number of carbonyl (C=O) groups is 1. The summed E-state index contributed by atoms with van der Waals surface area (Å²) in [5.41, 5.74) is 1.75. The fourth-order valence-electron chi connectivity index (χ4n) is 3.64. The number of benzene rings is 2. The molecule has 1 saturated heterocycles. The lowest BCUT2D eigenvalue weighted by Crippen LogP contribution is -2.51. The van der Waals surface area contributed by atoms with Gasteiger partial charge in [-0.25, -0.2) is 16.8 Å². The molecule has 0 aliphatic carbocycles. The molecule has 1 N–H and O–H groups in total. The first-order valence-electron chi connectivity index (χ1n) is 9.51. The van der Waals surface area contributed by atoms with E-state index in [4.69, 9.17) is 4.74 Å². The molecule has 0 bridgehead atoms. The van der Waals surface area contributed by atoms with Crippen molar-refractivity contribution >= 4 is 25.6 Å². The summed E-state index contributed by atoms with van der Waals surface area (Å²) < 4.78 is 56.0. The smallest absolute Gasteiger partial charge is 0.323 e. The first-order valence-corrected chi connectivity index (χ1v) is 12.9. The van der Waals surface area contributed by atoms with Crippen LogP contribution in [-0.4, -0.2) is 58.8 Å². The number of aryl methyl sites for hydroxylation is 1. The topological polar surface area (TPSA) is 107 Å². The third-order valence-corrected chi connectivity index (χ3v) is 9.40. The molecular formula is C21H25NO6S2. The van der Waals surface area contributed by atoms with Crippen LogP contribution in [-0.2, 0) is 35.6 Å². The standard InChI is InChI=1S/C21H25NO6S2/c1-15-8-10-17(11-9-15)30(26,27)20-14-29(24,25)13-19(20)22-18(21(23)28-2)12-16-6-4-3-5-7-16/h3-11,18-20,22H,12-14H2,1-2H3/t18-,19-,20-/m0/s1. The van der Waals surface area contributed by atoms with Crippen LogP contribution >= 0.6 is 0 Å². The Morgan fingerprint density at radius 2 is 1.73 bits per heavy atom. The minimum Gasteiger partial charge on any atom is -0.468 e. The molecule has 0 radical (unpaired) electrons. The second-order valence-corrected chi connectivity index (χ2v) is 11.8. The fourth-order valence-corrected chi connectivity index (χ4v) is 8.32. The van der Waals surface area contributed by atoms with Crippen molar-refractivity contribution in [3.8, 4) is 0 Å². The molecular weight excluding hydrogens is 426 g/mol. The predicted molar refractivity (Wildman–Crippen MR) is 114 cm³/mol. The van der Waals surface area contributed by atoms with Gasteiger partial charge in [0.05, 0.1) is 28.8 Å². The van der Waals surface area contributed by atoms with Crippen LogP contribution in [0.3, 0.4) is 0 Å². The Balaban J connectivity index is 1.90. The second-order valence-electron chi connectivity index (χ2n) is 7.51. The molecule has 1 aliphatic rings. The molecule has 30 heavy (non-hydrogen) atoms. The van der Waals surface area contributed by atoms with Crippen LogP contribution < -0.4 is 5.32 Å². The lowest BCUT2D eigenvalue weighted by molar-refractivity contribution is -0.143. The van der Waals surface area contributed by atoms with Crippen LogP contribution in [0.15, 0.2) is 59.5 Å². The predicted octanol–water partition coefficient (Wildman–Crippen LogP) is 1.31. The lowest BCUT2D eigenvalue weighted by atomic mass is 10.0. The highest BCUT2D eigenvalue weighted by Gasteiger charge is 2.47. The van der Waals surface area contributed by atoms with E-state index in [1.165, 1.54) is 19.2 Å². The van der Waals surface area contributed by atoms with Crippen molar-refractivity contribution in [2.45, 2.75) is 35.6 Å². The van der Waals surface area contributed by atoms with Gasteiger partial charge in [-0.05, 0) is 31.0 Å². The summed E-state index contributed by atoms with van der Waals surface area (Å²) in [6, 6.07) is 13.7. The van der Waals surface area contributed by atoms with Crippen molar-refractivity contribution in [1.29, 1.82) is 0 Å². The SMILES string of the molecule is COC(=O)[C@H](Cc1ccccc1)N[C@H]1CS(=O)(=O)C[C@@H]1S(=O)(=O)c1ccc(C)cc1. The molecule has 9 heteroatoms. The van der Waals surface area contributed by atoms with Gasteiger partial charge in [0.25, 0.3) is 0 Å². The van der Waals surface area contributed by atoms with Crippen molar-refractivity contribution in [2.24, 2.45) is 0 Å². The summed E-state index contributed by atoms with van der Waals surface area (Å²) in [6.45, 7) is 1.84. The Morgan fingerprint density at radius 3 is 2.33 bits per heavy atom. The van der Waals surface area contributed by atoms with Crippen LogP contribution in [0.5, 0.6) is 0 Å². The molecule has 1 fully saturated rings. The van der Waals surface area contributed by atoms with Gasteiger partial charge in [0, 0.05) is 6.04 Å². The average molecular weight is 452 g/mol. The van der Waals surface area contributed by atoms with Gasteiger partial charge in [-0.15, -0.1) is 0 Å². The summed E-state index contributed by atoms with van der Waals surface area (Å²) >= 11 is 0. The van der Waals surface area contributed by atoms with Crippen LogP contribution in [0, 0.1) is 6.92 Å². The third kappa shape index (κ3) is 5.08. The zero-order valence-corrected chi connectivity index (χ0v) is 18.4. The van der Waals surface area contributed by atoms with E-state index in [2.05, 4.69) is 5.32 Å². The van der Waals surface area contributed by atoms with E-state index in [1.54, 1.807) is 12.1 Å². The van der Waals surface area contributed by atoms with Crippen molar-refractivity contribution in [3.05, 3.63) is 65.7 Å². The van der Waals surface area contributed by atoms with Gasteiger partial charge >= 0.3 is 5.97 Å². The van der Waals surface area contributed by atoms with Gasteiger partial charge in [0.15, 0.2) is 19.7 Å². The van der Waals surface area contributed by atoms with E-state index in [9.17, 15) is 21.6 Å². The highest BCUT2D eigenvalue weighted by atomic mass is 32.2. The van der Waals surface area contributed by atoms with Gasteiger partial charge in [-0.1, -0.05) is 48.0 Å². The highest BCUT2D eigenvalue weighted by molar-refractivity contribution is 7.96. The number of hydrogen-bond donors (Lipinski definition) is 1. The van der Waals surface area contributed by atoms with E-state index < -0.39 is 48.7 Å². The van der Waals surface area contributed by atoms with E-state index >= 15 is 0 Å². The number of rotatable bonds is 7. The molecule has 3 atom stereocenters. The first-order chi connectivity index (χ1) is 14.1. The molecule has 3 rings (SSSR count). The van der Waals surface area contributed by atoms with Crippen molar-refractivity contribution in [2.75, 3.05) is 18.6 Å². The molecule has 0 spiro atoms. The first kappa shape index (κ1) is 22.5. The van der Waals surface area contributed by atoms with E-state index in [1.807, 2.05) is 37.3 Å². The van der Waals surface area contributed by atoms with Gasteiger partial charge in [0.1, 0.15) is 6.04 Å². The minimum atomic E-state index is -3.92. The Hall–Kier alpha value is -2.23. The number of ether oxygens (including phenoxy) is 1. The van der Waals surface area contributed by atoms with Gasteiger partial charge in [-0.2, -0.15) is 0 Å². The Bertz CT molecular complexity index is 1100. The van der Waals surface area contributed by atoms with Crippen molar-refractivity contribution < 1.29 is 26.4 Å². The number of carbonyl (C=O) groups excluding carboxylic acids is 1. The number of methoxy groups -OCH3 is 1. The van der Waals surface area contributed by atoms with Crippen LogP contribution in [0.25, 0.3) is 0 Å². The normalized spacial score (nSPS) is 21.8. The molecule has 2 aromatic rings.